The molecule has 2 aliphatic carbocycles. The molecule has 2 fully saturated rings. The van der Waals surface area contributed by atoms with Gasteiger partial charge in [-0.2, -0.15) is 0 Å². The molecule has 0 radical (unpaired) electrons. The summed E-state index contributed by atoms with van der Waals surface area (Å²) in [6, 6.07) is 0.478. The van der Waals surface area contributed by atoms with Gasteiger partial charge < -0.3 is 0 Å². The standard InChI is InChI=1S/C11H18N2/c1-2-3-7-10(13-12)11-8-5-4-6-9(8)11/h1,8-11,13H,3-7,12H2. The first-order valence-corrected chi connectivity index (χ1v) is 5.28. The van der Waals surface area contributed by atoms with E-state index in [1.54, 1.807) is 0 Å². The molecule has 3 atom stereocenters. The van der Waals surface area contributed by atoms with E-state index in [0.717, 1.165) is 30.6 Å². The Bertz CT molecular complexity index is 209. The van der Waals surface area contributed by atoms with Crippen LogP contribution in [0, 0.1) is 30.1 Å². The molecule has 0 heterocycles. The Morgan fingerprint density at radius 2 is 2.15 bits per heavy atom. The summed E-state index contributed by atoms with van der Waals surface area (Å²) in [6.45, 7) is 0. The van der Waals surface area contributed by atoms with Crippen molar-refractivity contribution in [2.45, 2.75) is 38.1 Å². The van der Waals surface area contributed by atoms with Crippen molar-refractivity contribution >= 4 is 0 Å². The molecule has 13 heavy (non-hydrogen) atoms. The highest BCUT2D eigenvalue weighted by Gasteiger charge is 2.55. The van der Waals surface area contributed by atoms with Gasteiger partial charge in [0.05, 0.1) is 0 Å². The van der Waals surface area contributed by atoms with E-state index in [-0.39, 0.29) is 0 Å². The predicted octanol–water partition coefficient (Wildman–Crippen LogP) is 1.28. The molecule has 0 aromatic rings. The van der Waals surface area contributed by atoms with E-state index in [2.05, 4.69) is 11.3 Å². The number of hydrogen-bond acceptors (Lipinski definition) is 2. The van der Waals surface area contributed by atoms with Crippen LogP contribution in [0.2, 0.25) is 0 Å². The monoisotopic (exact) mass is 178 g/mol. The van der Waals surface area contributed by atoms with Crippen molar-refractivity contribution < 1.29 is 0 Å². The van der Waals surface area contributed by atoms with Gasteiger partial charge in [0.15, 0.2) is 0 Å². The molecule has 0 bridgehead atoms. The molecule has 2 heteroatoms. The molecule has 0 aromatic carbocycles. The van der Waals surface area contributed by atoms with Gasteiger partial charge >= 0.3 is 0 Å². The summed E-state index contributed by atoms with van der Waals surface area (Å²) in [4.78, 5) is 0. The van der Waals surface area contributed by atoms with Crippen molar-refractivity contribution in [1.82, 2.24) is 5.43 Å². The first kappa shape index (κ1) is 9.05. The zero-order valence-electron chi connectivity index (χ0n) is 8.00. The van der Waals surface area contributed by atoms with Gasteiger partial charge in [-0.05, 0) is 37.0 Å². The second-order valence-corrected chi connectivity index (χ2v) is 4.35. The Hall–Kier alpha value is -0.520. The fraction of sp³-hybridized carbons (Fsp3) is 0.818. The van der Waals surface area contributed by atoms with Crippen LogP contribution in [-0.4, -0.2) is 6.04 Å². The molecule has 0 saturated heterocycles. The van der Waals surface area contributed by atoms with Crippen LogP contribution < -0.4 is 11.3 Å². The highest BCUT2D eigenvalue weighted by Crippen LogP contribution is 2.59. The molecule has 72 valence electrons. The van der Waals surface area contributed by atoms with E-state index in [0.29, 0.717) is 6.04 Å². The van der Waals surface area contributed by atoms with Crippen LogP contribution >= 0.6 is 0 Å². The van der Waals surface area contributed by atoms with E-state index in [9.17, 15) is 0 Å². The van der Waals surface area contributed by atoms with Crippen LogP contribution in [0.3, 0.4) is 0 Å². The lowest BCUT2D eigenvalue weighted by molar-refractivity contribution is 0.395. The van der Waals surface area contributed by atoms with Gasteiger partial charge in [0, 0.05) is 12.5 Å². The second kappa shape index (κ2) is 3.69. The van der Waals surface area contributed by atoms with E-state index in [1.165, 1.54) is 19.3 Å². The lowest BCUT2D eigenvalue weighted by Gasteiger charge is -2.16. The minimum absolute atomic E-state index is 0.478. The topological polar surface area (TPSA) is 38.0 Å². The van der Waals surface area contributed by atoms with Crippen LogP contribution in [0.1, 0.15) is 32.1 Å². The molecule has 2 saturated carbocycles. The van der Waals surface area contributed by atoms with Crippen LogP contribution in [0.4, 0.5) is 0 Å². The lowest BCUT2D eigenvalue weighted by atomic mass is 10.0. The normalized spacial score (nSPS) is 38.0. The molecule has 3 N–H and O–H groups in total. The lowest BCUT2D eigenvalue weighted by Crippen LogP contribution is -2.37. The summed E-state index contributed by atoms with van der Waals surface area (Å²) < 4.78 is 0. The Labute approximate surface area is 80.2 Å². The number of terminal acetylenes is 1. The first-order valence-electron chi connectivity index (χ1n) is 5.28. The van der Waals surface area contributed by atoms with Gasteiger partial charge in [-0.25, -0.2) is 0 Å². The largest absolute Gasteiger partial charge is 0.271 e. The number of hydrazine groups is 1. The maximum atomic E-state index is 5.54. The molecule has 0 aliphatic heterocycles. The predicted molar refractivity (Wildman–Crippen MR) is 53.5 cm³/mol. The van der Waals surface area contributed by atoms with Gasteiger partial charge in [0.1, 0.15) is 0 Å². The van der Waals surface area contributed by atoms with E-state index in [1.807, 2.05) is 0 Å². The third kappa shape index (κ3) is 1.59. The zero-order valence-corrected chi connectivity index (χ0v) is 8.00. The van der Waals surface area contributed by atoms with Gasteiger partial charge in [-0.15, -0.1) is 12.3 Å². The Kier molecular flexibility index (Phi) is 2.57. The van der Waals surface area contributed by atoms with Crippen LogP contribution in [0.25, 0.3) is 0 Å². The van der Waals surface area contributed by atoms with Crippen molar-refractivity contribution in [3.8, 4) is 12.3 Å². The molecule has 3 unspecified atom stereocenters. The molecular formula is C11H18N2. The van der Waals surface area contributed by atoms with E-state index < -0.39 is 0 Å². The van der Waals surface area contributed by atoms with Gasteiger partial charge in [0.2, 0.25) is 0 Å². The van der Waals surface area contributed by atoms with Gasteiger partial charge in [0.25, 0.3) is 0 Å². The maximum absolute atomic E-state index is 5.54. The summed E-state index contributed by atoms with van der Waals surface area (Å²) in [5.74, 6) is 11.0. The number of rotatable bonds is 4. The summed E-state index contributed by atoms with van der Waals surface area (Å²) in [5.41, 5.74) is 2.93. The Morgan fingerprint density at radius 3 is 2.69 bits per heavy atom. The summed E-state index contributed by atoms with van der Waals surface area (Å²) in [6.07, 6.45) is 11.4. The minimum Gasteiger partial charge on any atom is -0.271 e. The zero-order chi connectivity index (χ0) is 9.26. The minimum atomic E-state index is 0.478. The first-order chi connectivity index (χ1) is 6.38. The second-order valence-electron chi connectivity index (χ2n) is 4.35. The molecule has 0 spiro atoms. The maximum Gasteiger partial charge on any atom is 0.0253 e. The van der Waals surface area contributed by atoms with Crippen molar-refractivity contribution in [2.24, 2.45) is 23.6 Å². The molecule has 2 aliphatic rings. The van der Waals surface area contributed by atoms with Crippen LogP contribution in [0.15, 0.2) is 0 Å². The highest BCUT2D eigenvalue weighted by atomic mass is 15.2. The third-order valence-electron chi connectivity index (χ3n) is 3.75. The summed E-state index contributed by atoms with van der Waals surface area (Å²) in [7, 11) is 0. The molecule has 0 amide bonds. The van der Waals surface area contributed by atoms with E-state index >= 15 is 0 Å². The molecule has 2 rings (SSSR count). The third-order valence-corrected chi connectivity index (χ3v) is 3.75. The molecule has 2 nitrogen and oxygen atoms in total. The fourth-order valence-electron chi connectivity index (χ4n) is 3.10. The van der Waals surface area contributed by atoms with Crippen molar-refractivity contribution in [3.63, 3.8) is 0 Å². The van der Waals surface area contributed by atoms with Crippen LogP contribution in [0.5, 0.6) is 0 Å². The number of hydrogen-bond donors (Lipinski definition) is 2. The average Bonchev–Trinajstić information content (AvgIpc) is 2.62. The van der Waals surface area contributed by atoms with Gasteiger partial charge in [-0.1, -0.05) is 6.42 Å². The number of nitrogens with one attached hydrogen (secondary N) is 1. The smallest absolute Gasteiger partial charge is 0.0253 e. The Morgan fingerprint density at radius 1 is 1.46 bits per heavy atom. The SMILES string of the molecule is C#CCCC(NN)C1C2CCCC21. The fourth-order valence-corrected chi connectivity index (χ4v) is 3.10. The highest BCUT2D eigenvalue weighted by molar-refractivity contribution is 5.06. The van der Waals surface area contributed by atoms with Crippen molar-refractivity contribution in [3.05, 3.63) is 0 Å². The summed E-state index contributed by atoms with van der Waals surface area (Å²) in [5, 5.41) is 0. The number of nitrogens with two attached hydrogens (primary N) is 1. The van der Waals surface area contributed by atoms with Crippen LogP contribution in [-0.2, 0) is 0 Å². The van der Waals surface area contributed by atoms with E-state index in [4.69, 9.17) is 12.3 Å². The van der Waals surface area contributed by atoms with Crippen molar-refractivity contribution in [2.75, 3.05) is 0 Å². The Balaban J connectivity index is 1.82. The molecule has 0 aromatic heterocycles. The average molecular weight is 178 g/mol. The quantitative estimate of drug-likeness (QED) is 0.386. The van der Waals surface area contributed by atoms with Crippen molar-refractivity contribution in [1.29, 1.82) is 0 Å². The number of fused-ring (bicyclic) bond motifs is 1. The molecular weight excluding hydrogens is 160 g/mol. The summed E-state index contributed by atoms with van der Waals surface area (Å²) >= 11 is 0. The van der Waals surface area contributed by atoms with Gasteiger partial charge in [-0.3, -0.25) is 11.3 Å².